The van der Waals surface area contributed by atoms with Crippen molar-refractivity contribution < 1.29 is 11.3 Å². The average Bonchev–Trinajstić information content (AvgIpc) is 2.18. The van der Waals surface area contributed by atoms with E-state index in [1.165, 1.54) is 12.2 Å². The van der Waals surface area contributed by atoms with E-state index in [9.17, 15) is 4.79 Å². The Kier molecular flexibility index (Phi) is 2.42. The van der Waals surface area contributed by atoms with Crippen LogP contribution in [0, 0.1) is 23.1 Å². The summed E-state index contributed by atoms with van der Waals surface area (Å²) in [6, 6.07) is 1.94. The zero-order valence-corrected chi connectivity index (χ0v) is 7.32. The fraction of sp³-hybridized carbons (Fsp3) is 0.400. The molecule has 3 heteroatoms. The summed E-state index contributed by atoms with van der Waals surface area (Å²) in [5, 5.41) is 17.5. The molecule has 0 heterocycles. The van der Waals surface area contributed by atoms with E-state index in [2.05, 4.69) is 0 Å². The molecule has 1 aliphatic carbocycles. The highest BCUT2D eigenvalue weighted by Crippen LogP contribution is 2.25. The first-order chi connectivity index (χ1) is 6.54. The van der Waals surface area contributed by atoms with Crippen molar-refractivity contribution in [2.24, 2.45) is 11.8 Å². The van der Waals surface area contributed by atoms with Crippen molar-refractivity contribution in [3.8, 4) is 6.07 Å². The Balaban J connectivity index is 3.07. The molecule has 2 atom stereocenters. The second kappa shape index (κ2) is 3.90. The van der Waals surface area contributed by atoms with E-state index in [0.717, 1.165) is 0 Å². The highest BCUT2D eigenvalue weighted by Gasteiger charge is 2.25. The van der Waals surface area contributed by atoms with Gasteiger partial charge in [-0.2, -0.15) is 5.26 Å². The summed E-state index contributed by atoms with van der Waals surface area (Å²) in [7, 11) is 0. The molecule has 1 aliphatic rings. The molecule has 0 aromatic heterocycles. The van der Waals surface area contributed by atoms with Gasteiger partial charge in [0.2, 0.25) is 0 Å². The minimum atomic E-state index is -1.62. The number of carboxylic acids is 1. The van der Waals surface area contributed by atoms with Gasteiger partial charge in [0.05, 0.1) is 12.0 Å². The normalized spacial score (nSPS) is 33.1. The zero-order valence-electron chi connectivity index (χ0n) is 8.32. The third-order valence-electron chi connectivity index (χ3n) is 2.04. The lowest BCUT2D eigenvalue weighted by Crippen LogP contribution is -2.21. The Hall–Kier alpha value is -1.56. The van der Waals surface area contributed by atoms with Gasteiger partial charge < -0.3 is 5.11 Å². The van der Waals surface area contributed by atoms with Crippen LogP contribution in [0.15, 0.2) is 23.8 Å². The smallest absolute Gasteiger partial charge is 0.310 e. The molecule has 0 aromatic rings. The molecule has 0 aromatic carbocycles. The van der Waals surface area contributed by atoms with Crippen molar-refractivity contribution in [3.05, 3.63) is 23.8 Å². The summed E-state index contributed by atoms with van der Waals surface area (Å²) in [4.78, 5) is 10.9. The quantitative estimate of drug-likeness (QED) is 0.700. The van der Waals surface area contributed by atoms with Crippen LogP contribution < -0.4 is 0 Å². The number of aliphatic carboxylic acids is 1. The maximum absolute atomic E-state index is 10.9. The van der Waals surface area contributed by atoms with E-state index in [1.807, 2.05) is 13.0 Å². The molecular formula is C10H11NO2. The van der Waals surface area contributed by atoms with Gasteiger partial charge in [-0.05, 0) is 18.4 Å². The third kappa shape index (κ3) is 1.97. The Morgan fingerprint density at radius 1 is 1.92 bits per heavy atom. The van der Waals surface area contributed by atoms with Gasteiger partial charge in [0.25, 0.3) is 0 Å². The molecule has 0 bridgehead atoms. The Bertz CT molecular complexity index is 354. The summed E-state index contributed by atoms with van der Waals surface area (Å²) < 4.78 is 7.76. The number of allylic oxidation sites excluding steroid dienone is 3. The molecule has 1 rings (SSSR count). The van der Waals surface area contributed by atoms with E-state index in [0.29, 0.717) is 12.0 Å². The second-order valence-electron chi connectivity index (χ2n) is 2.84. The van der Waals surface area contributed by atoms with Gasteiger partial charge in [-0.1, -0.05) is 19.1 Å². The largest absolute Gasteiger partial charge is 0.481 e. The lowest BCUT2D eigenvalue weighted by atomic mass is 9.84. The number of rotatable bonds is 2. The minimum Gasteiger partial charge on any atom is -0.481 e. The standard InChI is InChI=1S/C10H11NO2/c1-2-8-5-7(6-11)3-4-9(8)10(12)13/h3-5,8-9H,2H2,1H3,(H,12,13)/i9D. The van der Waals surface area contributed by atoms with Crippen LogP contribution >= 0.6 is 0 Å². The second-order valence-corrected chi connectivity index (χ2v) is 2.84. The van der Waals surface area contributed by atoms with Crippen LogP contribution in [0.2, 0.25) is 0 Å². The van der Waals surface area contributed by atoms with Crippen molar-refractivity contribution in [3.63, 3.8) is 0 Å². The fourth-order valence-electron chi connectivity index (χ4n) is 1.31. The number of nitriles is 1. The molecule has 0 saturated heterocycles. The van der Waals surface area contributed by atoms with E-state index < -0.39 is 17.8 Å². The number of carboxylic acid groups (broad SMARTS) is 1. The van der Waals surface area contributed by atoms with E-state index in [4.69, 9.17) is 11.7 Å². The molecule has 0 saturated carbocycles. The minimum absolute atomic E-state index is 0.431. The average molecular weight is 178 g/mol. The fourth-order valence-corrected chi connectivity index (χ4v) is 1.31. The summed E-state index contributed by atoms with van der Waals surface area (Å²) in [6.45, 7) is 1.81. The summed E-state index contributed by atoms with van der Waals surface area (Å²) in [6.07, 6.45) is 4.77. The van der Waals surface area contributed by atoms with E-state index in [1.54, 1.807) is 6.08 Å². The SMILES string of the molecule is [2H]C1(C(=O)O)C=CC(C#N)=CC1CC. The van der Waals surface area contributed by atoms with Crippen LogP contribution in [0.3, 0.4) is 0 Å². The summed E-state index contributed by atoms with van der Waals surface area (Å²) >= 11 is 0. The highest BCUT2D eigenvalue weighted by atomic mass is 16.4. The molecule has 13 heavy (non-hydrogen) atoms. The molecule has 0 fully saturated rings. The van der Waals surface area contributed by atoms with Gasteiger partial charge >= 0.3 is 5.97 Å². The highest BCUT2D eigenvalue weighted by molar-refractivity contribution is 5.73. The number of nitrogens with zero attached hydrogens (tertiary/aromatic N) is 1. The van der Waals surface area contributed by atoms with Crippen LogP contribution in [0.1, 0.15) is 14.7 Å². The number of carbonyl (C=O) groups is 1. The molecule has 0 radical (unpaired) electrons. The van der Waals surface area contributed by atoms with Gasteiger partial charge in [0, 0.05) is 6.94 Å². The molecule has 1 N–H and O–H groups in total. The molecule has 3 nitrogen and oxygen atoms in total. The van der Waals surface area contributed by atoms with Crippen molar-refractivity contribution in [1.82, 2.24) is 0 Å². The number of hydrogen-bond acceptors (Lipinski definition) is 2. The van der Waals surface area contributed by atoms with Crippen LogP contribution in [-0.2, 0) is 4.79 Å². The molecule has 2 unspecified atom stereocenters. The topological polar surface area (TPSA) is 61.1 Å². The van der Waals surface area contributed by atoms with E-state index >= 15 is 0 Å². The maximum atomic E-state index is 10.9. The first kappa shape index (κ1) is 8.06. The van der Waals surface area contributed by atoms with Gasteiger partial charge in [0.1, 0.15) is 0 Å². The maximum Gasteiger partial charge on any atom is 0.310 e. The van der Waals surface area contributed by atoms with Crippen molar-refractivity contribution in [1.29, 1.82) is 5.26 Å². The van der Waals surface area contributed by atoms with Gasteiger partial charge in [-0.3, -0.25) is 4.79 Å². The van der Waals surface area contributed by atoms with Crippen molar-refractivity contribution in [2.75, 3.05) is 0 Å². The first-order valence-electron chi connectivity index (χ1n) is 4.59. The molecule has 0 aliphatic heterocycles. The third-order valence-corrected chi connectivity index (χ3v) is 2.04. The Morgan fingerprint density at radius 2 is 2.62 bits per heavy atom. The van der Waals surface area contributed by atoms with Crippen LogP contribution in [0.4, 0.5) is 0 Å². The molecule has 68 valence electrons. The molecule has 0 spiro atoms. The van der Waals surface area contributed by atoms with Gasteiger partial charge in [-0.15, -0.1) is 0 Å². The van der Waals surface area contributed by atoms with E-state index in [-0.39, 0.29) is 0 Å². The Labute approximate surface area is 78.4 Å². The Morgan fingerprint density at radius 3 is 3.08 bits per heavy atom. The van der Waals surface area contributed by atoms with Crippen molar-refractivity contribution >= 4 is 5.97 Å². The predicted octanol–water partition coefficient (Wildman–Crippen LogP) is 1.73. The van der Waals surface area contributed by atoms with Gasteiger partial charge in [0.15, 0.2) is 0 Å². The van der Waals surface area contributed by atoms with Crippen molar-refractivity contribution in [2.45, 2.75) is 13.3 Å². The summed E-state index contributed by atoms with van der Waals surface area (Å²) in [5.74, 6) is -3.22. The lowest BCUT2D eigenvalue weighted by molar-refractivity contribution is -0.141. The van der Waals surface area contributed by atoms with Gasteiger partial charge in [-0.25, -0.2) is 0 Å². The monoisotopic (exact) mass is 178 g/mol. The van der Waals surface area contributed by atoms with Crippen LogP contribution in [0.25, 0.3) is 0 Å². The molecular weight excluding hydrogens is 166 g/mol. The van der Waals surface area contributed by atoms with Crippen LogP contribution in [-0.4, -0.2) is 11.1 Å². The summed E-state index contributed by atoms with van der Waals surface area (Å²) in [5.41, 5.74) is 0.431. The predicted molar refractivity (Wildman–Crippen MR) is 47.7 cm³/mol. The van der Waals surface area contributed by atoms with Crippen LogP contribution in [0.5, 0.6) is 0 Å². The first-order valence-corrected chi connectivity index (χ1v) is 4.09. The molecule has 0 amide bonds. The zero-order chi connectivity index (χ0) is 10.8. The lowest BCUT2D eigenvalue weighted by Gasteiger charge is -2.19. The number of hydrogen-bond donors (Lipinski definition) is 1.